The van der Waals surface area contributed by atoms with Crippen LogP contribution in [0.1, 0.15) is 32.6 Å². The smallest absolute Gasteiger partial charge is 0.432 e. The molecule has 4 nitrogen and oxygen atoms in total. The highest BCUT2D eigenvalue weighted by Gasteiger charge is 1.97. The van der Waals surface area contributed by atoms with Crippen molar-refractivity contribution < 1.29 is 19.4 Å². The van der Waals surface area contributed by atoms with Crippen LogP contribution < -0.4 is 0 Å². The third-order valence-corrected chi connectivity index (χ3v) is 1.55. The molecule has 0 rings (SSSR count). The Morgan fingerprint density at radius 1 is 1.08 bits per heavy atom. The number of carbonyl (C=O) groups is 1. The van der Waals surface area contributed by atoms with Gasteiger partial charge < -0.3 is 9.47 Å². The van der Waals surface area contributed by atoms with Crippen LogP contribution >= 0.6 is 0 Å². The van der Waals surface area contributed by atoms with Gasteiger partial charge in [-0.2, -0.15) is 9.90 Å². The summed E-state index contributed by atoms with van der Waals surface area (Å²) in [7, 11) is 0. The first-order valence-electron chi connectivity index (χ1n) is 4.69. The Balaban J connectivity index is 2.87. The standard InChI is InChI=1S/C9H17O4/c1-2-3-6-12-7-4-5-8-13-9(10)11/h2-8H2,1H3. The fourth-order valence-corrected chi connectivity index (χ4v) is 0.810. The van der Waals surface area contributed by atoms with Gasteiger partial charge in [0.05, 0.1) is 6.61 Å². The first kappa shape index (κ1) is 12.2. The van der Waals surface area contributed by atoms with Crippen LogP contribution in [0.4, 0.5) is 4.79 Å². The summed E-state index contributed by atoms with van der Waals surface area (Å²) in [6, 6.07) is 0. The zero-order valence-corrected chi connectivity index (χ0v) is 8.08. The largest absolute Gasteiger partial charge is 0.549 e. The van der Waals surface area contributed by atoms with E-state index in [1.54, 1.807) is 0 Å². The molecule has 0 spiro atoms. The van der Waals surface area contributed by atoms with E-state index in [1.807, 2.05) is 0 Å². The molecule has 0 aliphatic heterocycles. The van der Waals surface area contributed by atoms with E-state index in [0.717, 1.165) is 25.9 Å². The molecule has 4 heteroatoms. The zero-order chi connectivity index (χ0) is 9.94. The van der Waals surface area contributed by atoms with E-state index < -0.39 is 6.16 Å². The molecule has 0 amide bonds. The van der Waals surface area contributed by atoms with E-state index >= 15 is 0 Å². The van der Waals surface area contributed by atoms with Crippen molar-refractivity contribution in [2.45, 2.75) is 32.6 Å². The van der Waals surface area contributed by atoms with Gasteiger partial charge in [0.1, 0.15) is 0 Å². The number of hydrogen-bond donors (Lipinski definition) is 0. The maximum Gasteiger partial charge on any atom is 0.549 e. The lowest BCUT2D eigenvalue weighted by atomic mass is 10.3. The van der Waals surface area contributed by atoms with Gasteiger partial charge >= 0.3 is 6.16 Å². The Hall–Kier alpha value is -0.770. The molecule has 0 aliphatic carbocycles. The quantitative estimate of drug-likeness (QED) is 0.434. The highest BCUT2D eigenvalue weighted by molar-refractivity contribution is 5.56. The molecule has 77 valence electrons. The molecule has 0 saturated heterocycles. The minimum Gasteiger partial charge on any atom is -0.432 e. The fourth-order valence-electron chi connectivity index (χ4n) is 0.810. The van der Waals surface area contributed by atoms with Crippen molar-refractivity contribution in [1.29, 1.82) is 0 Å². The lowest BCUT2D eigenvalue weighted by Gasteiger charge is -2.02. The molecule has 0 bridgehead atoms. The first-order valence-corrected chi connectivity index (χ1v) is 4.69. The molecule has 0 aromatic heterocycles. The van der Waals surface area contributed by atoms with Crippen molar-refractivity contribution in [3.63, 3.8) is 0 Å². The number of rotatable bonds is 8. The van der Waals surface area contributed by atoms with Crippen LogP contribution in [0.15, 0.2) is 0 Å². The van der Waals surface area contributed by atoms with Gasteiger partial charge in [-0.25, -0.2) is 0 Å². The van der Waals surface area contributed by atoms with Gasteiger partial charge in [0.15, 0.2) is 0 Å². The summed E-state index contributed by atoms with van der Waals surface area (Å²) in [6.07, 6.45) is 2.28. The minimum atomic E-state index is -1.45. The predicted molar refractivity (Wildman–Crippen MR) is 47.0 cm³/mol. The molecule has 0 fully saturated rings. The first-order chi connectivity index (χ1) is 6.27. The van der Waals surface area contributed by atoms with Gasteiger partial charge in [0.2, 0.25) is 0 Å². The Labute approximate surface area is 78.8 Å². The Kier molecular flexibility index (Phi) is 8.77. The Morgan fingerprint density at radius 3 is 2.31 bits per heavy atom. The van der Waals surface area contributed by atoms with Gasteiger partial charge in [-0.05, 0) is 19.3 Å². The predicted octanol–water partition coefficient (Wildman–Crippen LogP) is 2.15. The Bertz CT molecular complexity index is 125. The van der Waals surface area contributed by atoms with E-state index in [0.29, 0.717) is 13.0 Å². The van der Waals surface area contributed by atoms with Crippen LogP contribution in [0.25, 0.3) is 0 Å². The maximum absolute atomic E-state index is 9.81. The van der Waals surface area contributed by atoms with Crippen LogP contribution in [0.5, 0.6) is 0 Å². The minimum absolute atomic E-state index is 0.208. The van der Waals surface area contributed by atoms with E-state index in [4.69, 9.17) is 4.74 Å². The molecule has 0 heterocycles. The van der Waals surface area contributed by atoms with Gasteiger partial charge in [-0.3, -0.25) is 0 Å². The van der Waals surface area contributed by atoms with Gasteiger partial charge in [-0.1, -0.05) is 13.3 Å². The van der Waals surface area contributed by atoms with E-state index in [2.05, 4.69) is 11.7 Å². The molecule has 0 aromatic carbocycles. The highest BCUT2D eigenvalue weighted by atomic mass is 16.7. The number of hydrogen-bond acceptors (Lipinski definition) is 3. The summed E-state index contributed by atoms with van der Waals surface area (Å²) in [5, 5.41) is 9.81. The van der Waals surface area contributed by atoms with Gasteiger partial charge in [0, 0.05) is 13.2 Å². The normalized spacial score (nSPS) is 9.92. The molecule has 0 unspecified atom stereocenters. The lowest BCUT2D eigenvalue weighted by Crippen LogP contribution is -2.02. The molecule has 13 heavy (non-hydrogen) atoms. The summed E-state index contributed by atoms with van der Waals surface area (Å²) < 4.78 is 9.48. The molecule has 0 saturated carbocycles. The SMILES string of the molecule is CCCCOCCCCOC([O])=O. The average molecular weight is 189 g/mol. The maximum atomic E-state index is 9.81. The van der Waals surface area contributed by atoms with E-state index in [1.165, 1.54) is 0 Å². The Morgan fingerprint density at radius 2 is 1.69 bits per heavy atom. The third-order valence-electron chi connectivity index (χ3n) is 1.55. The number of ether oxygens (including phenoxy) is 2. The topological polar surface area (TPSA) is 55.4 Å². The second-order valence-corrected chi connectivity index (χ2v) is 2.77. The molecular formula is C9H17O4. The zero-order valence-electron chi connectivity index (χ0n) is 8.08. The van der Waals surface area contributed by atoms with Gasteiger partial charge in [0.25, 0.3) is 0 Å². The molecule has 0 aromatic rings. The average Bonchev–Trinajstić information content (AvgIpc) is 2.09. The fraction of sp³-hybridized carbons (Fsp3) is 0.889. The van der Waals surface area contributed by atoms with E-state index in [-0.39, 0.29) is 6.61 Å². The van der Waals surface area contributed by atoms with Crippen molar-refractivity contribution >= 4 is 6.16 Å². The van der Waals surface area contributed by atoms with Crippen molar-refractivity contribution in [3.05, 3.63) is 0 Å². The summed E-state index contributed by atoms with van der Waals surface area (Å²) in [4.78, 5) is 9.81. The van der Waals surface area contributed by atoms with Crippen LogP contribution in [-0.4, -0.2) is 26.0 Å². The van der Waals surface area contributed by atoms with Crippen LogP contribution in [0, 0.1) is 0 Å². The summed E-state index contributed by atoms with van der Waals surface area (Å²) in [5.41, 5.74) is 0. The monoisotopic (exact) mass is 189 g/mol. The highest BCUT2D eigenvalue weighted by Crippen LogP contribution is 1.94. The summed E-state index contributed by atoms with van der Waals surface area (Å²) >= 11 is 0. The van der Waals surface area contributed by atoms with Crippen molar-refractivity contribution in [3.8, 4) is 0 Å². The second kappa shape index (κ2) is 9.32. The number of carbonyl (C=O) groups excluding carboxylic acids is 1. The number of unbranched alkanes of at least 4 members (excludes halogenated alkanes) is 2. The van der Waals surface area contributed by atoms with Crippen LogP contribution in [0.3, 0.4) is 0 Å². The van der Waals surface area contributed by atoms with E-state index in [9.17, 15) is 9.90 Å². The second-order valence-electron chi connectivity index (χ2n) is 2.77. The van der Waals surface area contributed by atoms with Crippen LogP contribution in [0.2, 0.25) is 0 Å². The summed E-state index contributed by atoms with van der Waals surface area (Å²) in [6.45, 7) is 3.78. The van der Waals surface area contributed by atoms with Crippen molar-refractivity contribution in [2.24, 2.45) is 0 Å². The molecular weight excluding hydrogens is 172 g/mol. The lowest BCUT2D eigenvalue weighted by molar-refractivity contribution is 0.0624. The van der Waals surface area contributed by atoms with Gasteiger partial charge in [-0.15, -0.1) is 0 Å². The molecule has 0 aliphatic rings. The third kappa shape index (κ3) is 11.2. The van der Waals surface area contributed by atoms with Crippen molar-refractivity contribution in [1.82, 2.24) is 0 Å². The molecule has 1 radical (unpaired) electrons. The van der Waals surface area contributed by atoms with Crippen LogP contribution in [-0.2, 0) is 14.6 Å². The molecule has 0 N–H and O–H groups in total. The van der Waals surface area contributed by atoms with Crippen molar-refractivity contribution in [2.75, 3.05) is 19.8 Å². The molecule has 0 atom stereocenters. The summed E-state index contributed by atoms with van der Waals surface area (Å²) in [5.74, 6) is 0.